The number of nitrogens with one attached hydrogen (secondary N) is 1. The summed E-state index contributed by atoms with van der Waals surface area (Å²) in [5.41, 5.74) is 10.8. The van der Waals surface area contributed by atoms with Gasteiger partial charge in [-0.1, -0.05) is 0 Å². The Balaban J connectivity index is 3.56. The average molecular weight is 203 g/mol. The molecule has 6 N–H and O–H groups in total. The van der Waals surface area contributed by atoms with Gasteiger partial charge in [0.25, 0.3) is 0 Å². The Morgan fingerprint density at radius 3 is 2.57 bits per heavy atom. The molecule has 0 spiro atoms. The van der Waals surface area contributed by atoms with Gasteiger partial charge < -0.3 is 21.9 Å². The lowest BCUT2D eigenvalue weighted by Gasteiger charge is -2.10. The number of aliphatic carboxylic acids is 1. The van der Waals surface area contributed by atoms with Gasteiger partial charge in [-0.2, -0.15) is 0 Å². The molecule has 6 heteroatoms. The second-order valence-electron chi connectivity index (χ2n) is 2.97. The first kappa shape index (κ1) is 12.9. The minimum Gasteiger partial charge on any atom is -0.481 e. The average Bonchev–Trinajstić information content (AvgIpc) is 2.13. The van der Waals surface area contributed by atoms with Crippen molar-refractivity contribution in [3.63, 3.8) is 0 Å². The van der Waals surface area contributed by atoms with Gasteiger partial charge in [0.2, 0.25) is 5.91 Å². The van der Waals surface area contributed by atoms with Crippen LogP contribution in [0.5, 0.6) is 0 Å². The van der Waals surface area contributed by atoms with Gasteiger partial charge in [0.15, 0.2) is 0 Å². The third kappa shape index (κ3) is 6.38. The summed E-state index contributed by atoms with van der Waals surface area (Å²) in [6.45, 7) is 0.612. The van der Waals surface area contributed by atoms with Crippen molar-refractivity contribution in [2.75, 3.05) is 13.1 Å². The molecule has 0 unspecified atom stereocenters. The molecule has 0 aromatic carbocycles. The van der Waals surface area contributed by atoms with Gasteiger partial charge in [-0.3, -0.25) is 9.59 Å². The van der Waals surface area contributed by atoms with Gasteiger partial charge in [0, 0.05) is 6.54 Å². The maximum absolute atomic E-state index is 11.2. The Kier molecular flexibility index (Phi) is 6.69. The summed E-state index contributed by atoms with van der Waals surface area (Å²) in [6.07, 6.45) is 1.12. The quantitative estimate of drug-likeness (QED) is 0.407. The third-order valence-electron chi connectivity index (χ3n) is 1.69. The lowest BCUT2D eigenvalue weighted by atomic mass is 10.1. The van der Waals surface area contributed by atoms with E-state index in [0.29, 0.717) is 19.4 Å². The molecule has 0 aromatic rings. The van der Waals surface area contributed by atoms with E-state index in [1.54, 1.807) is 0 Å². The van der Waals surface area contributed by atoms with E-state index in [-0.39, 0.29) is 18.9 Å². The van der Waals surface area contributed by atoms with E-state index in [2.05, 4.69) is 5.32 Å². The molecule has 0 heterocycles. The van der Waals surface area contributed by atoms with Crippen molar-refractivity contribution in [2.45, 2.75) is 25.3 Å². The van der Waals surface area contributed by atoms with Crippen LogP contribution in [-0.4, -0.2) is 36.1 Å². The van der Waals surface area contributed by atoms with Crippen molar-refractivity contribution >= 4 is 11.9 Å². The van der Waals surface area contributed by atoms with Crippen molar-refractivity contribution in [2.24, 2.45) is 11.5 Å². The predicted octanol–water partition coefficient (Wildman–Crippen LogP) is -1.36. The Bertz CT molecular complexity index is 196. The number of carboxylic acids is 1. The van der Waals surface area contributed by atoms with Crippen LogP contribution in [0.25, 0.3) is 0 Å². The summed E-state index contributed by atoms with van der Waals surface area (Å²) in [5.74, 6) is -1.26. The van der Waals surface area contributed by atoms with Gasteiger partial charge in [0.1, 0.15) is 0 Å². The molecule has 14 heavy (non-hydrogen) atoms. The van der Waals surface area contributed by atoms with Crippen LogP contribution in [0.15, 0.2) is 0 Å². The van der Waals surface area contributed by atoms with Crippen molar-refractivity contribution in [3.05, 3.63) is 0 Å². The Labute approximate surface area is 82.6 Å². The Hall–Kier alpha value is -1.14. The van der Waals surface area contributed by atoms with Crippen LogP contribution in [0.3, 0.4) is 0 Å². The number of nitrogens with two attached hydrogens (primary N) is 2. The number of hydrogen-bond donors (Lipinski definition) is 4. The molecular formula is C8H17N3O3. The van der Waals surface area contributed by atoms with Crippen molar-refractivity contribution < 1.29 is 14.7 Å². The van der Waals surface area contributed by atoms with E-state index < -0.39 is 12.0 Å². The van der Waals surface area contributed by atoms with Gasteiger partial charge in [-0.05, 0) is 19.4 Å². The smallest absolute Gasteiger partial charge is 0.305 e. The monoisotopic (exact) mass is 203 g/mol. The first-order chi connectivity index (χ1) is 6.57. The zero-order chi connectivity index (χ0) is 11.0. The van der Waals surface area contributed by atoms with E-state index in [1.165, 1.54) is 0 Å². The summed E-state index contributed by atoms with van der Waals surface area (Å²) >= 11 is 0. The maximum atomic E-state index is 11.2. The topological polar surface area (TPSA) is 118 Å². The number of hydrogen-bond acceptors (Lipinski definition) is 4. The highest BCUT2D eigenvalue weighted by Crippen LogP contribution is 1.92. The van der Waals surface area contributed by atoms with Crippen LogP contribution >= 0.6 is 0 Å². The summed E-state index contributed by atoms with van der Waals surface area (Å²) < 4.78 is 0. The second-order valence-corrected chi connectivity index (χ2v) is 2.97. The van der Waals surface area contributed by atoms with Crippen LogP contribution in [0.4, 0.5) is 0 Å². The minimum absolute atomic E-state index is 0.0879. The summed E-state index contributed by atoms with van der Waals surface area (Å²) in [7, 11) is 0. The standard InChI is InChI=1S/C8H17N3O3/c9-4-1-2-6(10)8(14)11-5-3-7(12)13/h6H,1-5,9-10H2,(H,11,14)(H,12,13)/t6-/m1/s1. The molecule has 1 amide bonds. The molecule has 1 atom stereocenters. The molecular weight excluding hydrogens is 186 g/mol. The van der Waals surface area contributed by atoms with Crippen LogP contribution in [0.1, 0.15) is 19.3 Å². The number of carboxylic acid groups (broad SMARTS) is 1. The second kappa shape index (κ2) is 7.28. The van der Waals surface area contributed by atoms with E-state index in [9.17, 15) is 9.59 Å². The van der Waals surface area contributed by atoms with Crippen LogP contribution in [-0.2, 0) is 9.59 Å². The van der Waals surface area contributed by atoms with Crippen LogP contribution in [0.2, 0.25) is 0 Å². The fraction of sp³-hybridized carbons (Fsp3) is 0.750. The molecule has 0 aliphatic rings. The van der Waals surface area contributed by atoms with E-state index >= 15 is 0 Å². The highest BCUT2D eigenvalue weighted by atomic mass is 16.4. The molecule has 0 radical (unpaired) electrons. The molecule has 0 saturated carbocycles. The van der Waals surface area contributed by atoms with Gasteiger partial charge in [-0.15, -0.1) is 0 Å². The summed E-state index contributed by atoms with van der Waals surface area (Å²) in [4.78, 5) is 21.3. The fourth-order valence-corrected chi connectivity index (χ4v) is 0.893. The molecule has 82 valence electrons. The van der Waals surface area contributed by atoms with Crippen LogP contribution in [0, 0.1) is 0 Å². The molecule has 0 fully saturated rings. The zero-order valence-electron chi connectivity index (χ0n) is 8.03. The van der Waals surface area contributed by atoms with Gasteiger partial charge >= 0.3 is 5.97 Å². The van der Waals surface area contributed by atoms with Crippen molar-refractivity contribution in [1.29, 1.82) is 0 Å². The normalized spacial score (nSPS) is 12.1. The maximum Gasteiger partial charge on any atom is 0.305 e. The first-order valence-corrected chi connectivity index (χ1v) is 4.53. The SMILES string of the molecule is NCCC[C@@H](N)C(=O)NCCC(=O)O. The fourth-order valence-electron chi connectivity index (χ4n) is 0.893. The lowest BCUT2D eigenvalue weighted by Crippen LogP contribution is -2.41. The van der Waals surface area contributed by atoms with E-state index in [1.807, 2.05) is 0 Å². The minimum atomic E-state index is -0.944. The van der Waals surface area contributed by atoms with Crippen molar-refractivity contribution in [1.82, 2.24) is 5.32 Å². The molecule has 0 aliphatic carbocycles. The number of rotatable bonds is 7. The Morgan fingerprint density at radius 1 is 1.43 bits per heavy atom. The van der Waals surface area contributed by atoms with Crippen LogP contribution < -0.4 is 16.8 Å². The third-order valence-corrected chi connectivity index (χ3v) is 1.69. The van der Waals surface area contributed by atoms with Gasteiger partial charge in [-0.25, -0.2) is 0 Å². The highest BCUT2D eigenvalue weighted by molar-refractivity contribution is 5.81. The number of carbonyl (C=O) groups excluding carboxylic acids is 1. The molecule has 6 nitrogen and oxygen atoms in total. The van der Waals surface area contributed by atoms with Crippen molar-refractivity contribution in [3.8, 4) is 0 Å². The molecule has 0 saturated heterocycles. The van der Waals surface area contributed by atoms with E-state index in [4.69, 9.17) is 16.6 Å². The molecule has 0 aromatic heterocycles. The zero-order valence-corrected chi connectivity index (χ0v) is 8.03. The first-order valence-electron chi connectivity index (χ1n) is 4.53. The largest absolute Gasteiger partial charge is 0.481 e. The number of carbonyl (C=O) groups is 2. The lowest BCUT2D eigenvalue weighted by molar-refractivity contribution is -0.136. The summed E-state index contributed by atoms with van der Waals surface area (Å²) in [6, 6.07) is -0.590. The molecule has 0 rings (SSSR count). The molecule has 0 bridgehead atoms. The van der Waals surface area contributed by atoms with Gasteiger partial charge in [0.05, 0.1) is 12.5 Å². The Morgan fingerprint density at radius 2 is 2.07 bits per heavy atom. The van der Waals surface area contributed by atoms with E-state index in [0.717, 1.165) is 0 Å². The molecule has 0 aliphatic heterocycles. The summed E-state index contributed by atoms with van der Waals surface area (Å²) in [5, 5.41) is 10.7. The predicted molar refractivity (Wildman–Crippen MR) is 51.5 cm³/mol. The highest BCUT2D eigenvalue weighted by Gasteiger charge is 2.11. The number of amides is 1.